The zero-order chi connectivity index (χ0) is 9.52. The molecule has 0 bridgehead atoms. The maximum atomic E-state index is 8.72. The lowest BCUT2D eigenvalue weighted by Crippen LogP contribution is -2.37. The van der Waals surface area contributed by atoms with Gasteiger partial charge in [0, 0.05) is 12.6 Å². The predicted octanol–water partition coefficient (Wildman–Crippen LogP) is 0.346. The molecule has 1 saturated heterocycles. The summed E-state index contributed by atoms with van der Waals surface area (Å²) in [6.07, 6.45) is 3.45. The molecular weight excluding hydrogens is 164 g/mol. The van der Waals surface area contributed by atoms with Crippen LogP contribution in [0.1, 0.15) is 26.2 Å². The third-order valence-electron chi connectivity index (χ3n) is 2.78. The van der Waals surface area contributed by atoms with Crippen molar-refractivity contribution < 1.29 is 5.11 Å². The standard InChI is InChI=1S/C10H22N2O/c1-9(4-7-13)12-8-10-2-5-11-6-3-10/h9-13H,2-8H2,1H3. The fourth-order valence-electron chi connectivity index (χ4n) is 1.75. The summed E-state index contributed by atoms with van der Waals surface area (Å²) in [7, 11) is 0. The first kappa shape index (κ1) is 11.0. The molecule has 0 amide bonds. The van der Waals surface area contributed by atoms with Crippen molar-refractivity contribution in [2.75, 3.05) is 26.2 Å². The molecule has 1 fully saturated rings. The average Bonchev–Trinajstić information content (AvgIpc) is 2.17. The van der Waals surface area contributed by atoms with Gasteiger partial charge in [0.2, 0.25) is 0 Å². The lowest BCUT2D eigenvalue weighted by molar-refractivity contribution is 0.261. The van der Waals surface area contributed by atoms with Crippen molar-refractivity contribution in [3.63, 3.8) is 0 Å². The fourth-order valence-corrected chi connectivity index (χ4v) is 1.75. The molecule has 0 saturated carbocycles. The van der Waals surface area contributed by atoms with E-state index in [9.17, 15) is 0 Å². The molecule has 0 spiro atoms. The van der Waals surface area contributed by atoms with Crippen LogP contribution in [0.15, 0.2) is 0 Å². The number of rotatable bonds is 5. The molecule has 13 heavy (non-hydrogen) atoms. The van der Waals surface area contributed by atoms with E-state index in [0.29, 0.717) is 12.6 Å². The smallest absolute Gasteiger partial charge is 0.0445 e. The summed E-state index contributed by atoms with van der Waals surface area (Å²) >= 11 is 0. The molecule has 0 aliphatic carbocycles. The van der Waals surface area contributed by atoms with E-state index in [1.54, 1.807) is 0 Å². The average molecular weight is 186 g/mol. The molecule has 3 nitrogen and oxygen atoms in total. The van der Waals surface area contributed by atoms with Gasteiger partial charge in [-0.2, -0.15) is 0 Å². The van der Waals surface area contributed by atoms with E-state index < -0.39 is 0 Å². The number of nitrogens with one attached hydrogen (secondary N) is 2. The van der Waals surface area contributed by atoms with Crippen LogP contribution in [-0.2, 0) is 0 Å². The summed E-state index contributed by atoms with van der Waals surface area (Å²) < 4.78 is 0. The number of hydrogen-bond acceptors (Lipinski definition) is 3. The van der Waals surface area contributed by atoms with Gasteiger partial charge in [-0.1, -0.05) is 0 Å². The molecule has 1 rings (SSSR count). The number of aliphatic hydroxyl groups is 1. The molecule has 1 atom stereocenters. The van der Waals surface area contributed by atoms with Crippen LogP contribution in [0.3, 0.4) is 0 Å². The van der Waals surface area contributed by atoms with Crippen LogP contribution in [0, 0.1) is 5.92 Å². The molecule has 0 radical (unpaired) electrons. The van der Waals surface area contributed by atoms with Crippen LogP contribution in [0.4, 0.5) is 0 Å². The third-order valence-corrected chi connectivity index (χ3v) is 2.78. The van der Waals surface area contributed by atoms with Gasteiger partial charge in [0.25, 0.3) is 0 Å². The fraction of sp³-hybridized carbons (Fsp3) is 1.00. The quantitative estimate of drug-likeness (QED) is 0.580. The van der Waals surface area contributed by atoms with Gasteiger partial charge in [-0.05, 0) is 51.7 Å². The Morgan fingerprint density at radius 1 is 1.46 bits per heavy atom. The summed E-state index contributed by atoms with van der Waals surface area (Å²) in [5.74, 6) is 0.836. The predicted molar refractivity (Wildman–Crippen MR) is 54.8 cm³/mol. The van der Waals surface area contributed by atoms with Gasteiger partial charge in [0.05, 0.1) is 0 Å². The summed E-state index contributed by atoms with van der Waals surface area (Å²) in [6, 6.07) is 0.458. The van der Waals surface area contributed by atoms with Gasteiger partial charge in [-0.15, -0.1) is 0 Å². The van der Waals surface area contributed by atoms with Crippen LogP contribution in [0.2, 0.25) is 0 Å². The molecular formula is C10H22N2O. The van der Waals surface area contributed by atoms with Crippen molar-refractivity contribution in [3.8, 4) is 0 Å². The topological polar surface area (TPSA) is 44.3 Å². The maximum Gasteiger partial charge on any atom is 0.0445 e. The molecule has 1 heterocycles. The minimum absolute atomic E-state index is 0.292. The van der Waals surface area contributed by atoms with Gasteiger partial charge in [0.1, 0.15) is 0 Å². The highest BCUT2D eigenvalue weighted by Gasteiger charge is 2.13. The minimum Gasteiger partial charge on any atom is -0.396 e. The van der Waals surface area contributed by atoms with Gasteiger partial charge in [0.15, 0.2) is 0 Å². The van der Waals surface area contributed by atoms with E-state index in [4.69, 9.17) is 5.11 Å². The summed E-state index contributed by atoms with van der Waals surface area (Å²) in [5.41, 5.74) is 0. The van der Waals surface area contributed by atoms with Crippen LogP contribution < -0.4 is 10.6 Å². The number of aliphatic hydroxyl groups excluding tert-OH is 1. The largest absolute Gasteiger partial charge is 0.396 e. The SMILES string of the molecule is CC(CCO)NCC1CCNCC1. The third kappa shape index (κ3) is 4.60. The first-order chi connectivity index (χ1) is 6.33. The van der Waals surface area contributed by atoms with Gasteiger partial charge in [-0.25, -0.2) is 0 Å². The van der Waals surface area contributed by atoms with Crippen molar-refractivity contribution in [3.05, 3.63) is 0 Å². The second kappa shape index (κ2) is 6.35. The monoisotopic (exact) mass is 186 g/mol. The minimum atomic E-state index is 0.292. The molecule has 3 N–H and O–H groups in total. The maximum absolute atomic E-state index is 8.72. The van der Waals surface area contributed by atoms with E-state index in [2.05, 4.69) is 17.6 Å². The molecule has 0 aromatic rings. The van der Waals surface area contributed by atoms with Crippen molar-refractivity contribution in [1.29, 1.82) is 0 Å². The van der Waals surface area contributed by atoms with Crippen molar-refractivity contribution in [2.45, 2.75) is 32.2 Å². The van der Waals surface area contributed by atoms with Gasteiger partial charge < -0.3 is 15.7 Å². The summed E-state index contributed by atoms with van der Waals surface area (Å²) in [4.78, 5) is 0. The van der Waals surface area contributed by atoms with Gasteiger partial charge >= 0.3 is 0 Å². The Morgan fingerprint density at radius 3 is 2.77 bits per heavy atom. The Bertz CT molecular complexity index is 124. The second-order valence-corrected chi connectivity index (χ2v) is 4.01. The van der Waals surface area contributed by atoms with Crippen LogP contribution in [0.25, 0.3) is 0 Å². The highest BCUT2D eigenvalue weighted by Crippen LogP contribution is 2.10. The van der Waals surface area contributed by atoms with E-state index in [0.717, 1.165) is 18.9 Å². The Hall–Kier alpha value is -0.120. The molecule has 0 aromatic carbocycles. The number of hydrogen-bond donors (Lipinski definition) is 3. The van der Waals surface area contributed by atoms with Crippen LogP contribution in [-0.4, -0.2) is 37.4 Å². The van der Waals surface area contributed by atoms with Crippen LogP contribution >= 0.6 is 0 Å². The Labute approximate surface area is 80.9 Å². The van der Waals surface area contributed by atoms with E-state index in [1.807, 2.05) is 0 Å². The summed E-state index contributed by atoms with van der Waals surface area (Å²) in [6.45, 7) is 5.88. The van der Waals surface area contributed by atoms with Crippen molar-refractivity contribution >= 4 is 0 Å². The molecule has 3 heteroatoms. The van der Waals surface area contributed by atoms with E-state index >= 15 is 0 Å². The molecule has 1 aliphatic rings. The highest BCUT2D eigenvalue weighted by atomic mass is 16.3. The van der Waals surface area contributed by atoms with E-state index in [-0.39, 0.29) is 0 Å². The van der Waals surface area contributed by atoms with Gasteiger partial charge in [-0.3, -0.25) is 0 Å². The number of piperidine rings is 1. The molecule has 1 aliphatic heterocycles. The van der Waals surface area contributed by atoms with Crippen molar-refractivity contribution in [2.24, 2.45) is 5.92 Å². The zero-order valence-corrected chi connectivity index (χ0v) is 8.55. The molecule has 78 valence electrons. The highest BCUT2D eigenvalue weighted by molar-refractivity contribution is 4.72. The lowest BCUT2D eigenvalue weighted by Gasteiger charge is -2.24. The second-order valence-electron chi connectivity index (χ2n) is 4.01. The lowest BCUT2D eigenvalue weighted by atomic mass is 9.98. The Morgan fingerprint density at radius 2 is 2.15 bits per heavy atom. The van der Waals surface area contributed by atoms with Crippen molar-refractivity contribution in [1.82, 2.24) is 10.6 Å². The first-order valence-corrected chi connectivity index (χ1v) is 5.38. The first-order valence-electron chi connectivity index (χ1n) is 5.38. The Kier molecular flexibility index (Phi) is 5.35. The zero-order valence-electron chi connectivity index (χ0n) is 8.55. The van der Waals surface area contributed by atoms with Crippen LogP contribution in [0.5, 0.6) is 0 Å². The van der Waals surface area contributed by atoms with E-state index in [1.165, 1.54) is 25.9 Å². The molecule has 0 aromatic heterocycles. The summed E-state index contributed by atoms with van der Waals surface area (Å²) in [5, 5.41) is 15.5. The normalized spacial score (nSPS) is 21.7. The Balaban J connectivity index is 2.03. The molecule has 1 unspecified atom stereocenters.